The van der Waals surface area contributed by atoms with Crippen LogP contribution in [0, 0.1) is 35.0 Å². The van der Waals surface area contributed by atoms with Gasteiger partial charge in [-0.05, 0) is 73.5 Å². The van der Waals surface area contributed by atoms with E-state index in [1.165, 1.54) is 44.9 Å². The predicted octanol–water partition coefficient (Wildman–Crippen LogP) is 6.84. The zero-order valence-electron chi connectivity index (χ0n) is 14.9. The van der Waals surface area contributed by atoms with Gasteiger partial charge in [-0.25, -0.2) is 0 Å². The molecule has 3 fully saturated rings. The minimum atomic E-state index is 0.730. The second kappa shape index (κ2) is 6.63. The maximum Gasteiger partial charge on any atom is -0.0295 e. The van der Waals surface area contributed by atoms with Crippen molar-refractivity contribution in [3.63, 3.8) is 0 Å². The van der Waals surface area contributed by atoms with Crippen LogP contribution in [0.25, 0.3) is 0 Å². The average Bonchev–Trinajstić information content (AvgIpc) is 2.48. The van der Waals surface area contributed by atoms with Gasteiger partial charge in [0.05, 0.1) is 0 Å². The summed E-state index contributed by atoms with van der Waals surface area (Å²) in [6.45, 7) is 7.57. The van der Waals surface area contributed by atoms with Crippen LogP contribution in [0.3, 0.4) is 0 Å². The normalized spacial score (nSPS) is 46.7. The van der Waals surface area contributed by atoms with E-state index in [1.807, 2.05) is 0 Å². The maximum atomic E-state index is 2.65. The van der Waals surface area contributed by atoms with Gasteiger partial charge in [-0.3, -0.25) is 0 Å². The van der Waals surface area contributed by atoms with E-state index < -0.39 is 0 Å². The van der Waals surface area contributed by atoms with Gasteiger partial charge in [-0.1, -0.05) is 59.3 Å². The lowest BCUT2D eigenvalue weighted by Gasteiger charge is -2.57. The van der Waals surface area contributed by atoms with Gasteiger partial charge >= 0.3 is 0 Å². The molecule has 0 amide bonds. The molecule has 0 heteroatoms. The van der Waals surface area contributed by atoms with Crippen LogP contribution >= 0.6 is 0 Å². The van der Waals surface area contributed by atoms with Crippen LogP contribution in [0.2, 0.25) is 0 Å². The van der Waals surface area contributed by atoms with Crippen molar-refractivity contribution < 1.29 is 0 Å². The molecule has 0 heterocycles. The molecule has 3 aliphatic carbocycles. The quantitative estimate of drug-likeness (QED) is 0.497. The fraction of sp³-hybridized carbons (Fsp3) is 1.00. The van der Waals surface area contributed by atoms with Crippen molar-refractivity contribution in [3.05, 3.63) is 0 Å². The molecule has 0 aliphatic heterocycles. The van der Waals surface area contributed by atoms with E-state index in [0.29, 0.717) is 0 Å². The molecule has 0 saturated heterocycles. The summed E-state index contributed by atoms with van der Waals surface area (Å²) < 4.78 is 0. The minimum Gasteiger partial charge on any atom is -0.0654 e. The second-order valence-corrected chi connectivity index (χ2v) is 9.09. The number of fused-ring (bicyclic) bond motifs is 3. The lowest BCUT2D eigenvalue weighted by Crippen LogP contribution is -2.48. The Morgan fingerprint density at radius 1 is 0.905 bits per heavy atom. The van der Waals surface area contributed by atoms with Crippen LogP contribution in [0.15, 0.2) is 0 Å². The maximum absolute atomic E-state index is 2.65. The molecule has 3 aliphatic rings. The standard InChI is InChI=1S/C21H38/c1-4-5-6-9-17-16(2)11-12-19-18(17)13-15-21(3)14-8-7-10-20(19)21/h16-20H,4-15H2,1-3H3. The smallest absolute Gasteiger partial charge is 0.0295 e. The summed E-state index contributed by atoms with van der Waals surface area (Å²) in [7, 11) is 0. The van der Waals surface area contributed by atoms with Crippen LogP contribution < -0.4 is 0 Å². The minimum absolute atomic E-state index is 0.730. The Kier molecular flexibility index (Phi) is 5.01. The zero-order chi connectivity index (χ0) is 14.9. The van der Waals surface area contributed by atoms with Gasteiger partial charge in [0.25, 0.3) is 0 Å². The zero-order valence-corrected chi connectivity index (χ0v) is 14.9. The van der Waals surface area contributed by atoms with Gasteiger partial charge in [-0.15, -0.1) is 0 Å². The molecular weight excluding hydrogens is 252 g/mol. The van der Waals surface area contributed by atoms with E-state index >= 15 is 0 Å². The van der Waals surface area contributed by atoms with Crippen LogP contribution in [-0.2, 0) is 0 Å². The summed E-state index contributed by atoms with van der Waals surface area (Å²) >= 11 is 0. The number of hydrogen-bond donors (Lipinski definition) is 0. The van der Waals surface area contributed by atoms with Crippen molar-refractivity contribution in [2.45, 2.75) is 97.8 Å². The highest BCUT2D eigenvalue weighted by Gasteiger charge is 2.50. The average molecular weight is 291 g/mol. The molecule has 21 heavy (non-hydrogen) atoms. The first-order valence-electron chi connectivity index (χ1n) is 10.2. The van der Waals surface area contributed by atoms with E-state index in [9.17, 15) is 0 Å². The Labute approximate surface area is 133 Å². The van der Waals surface area contributed by atoms with Crippen molar-refractivity contribution in [3.8, 4) is 0 Å². The third-order valence-electron chi connectivity index (χ3n) is 7.90. The van der Waals surface area contributed by atoms with Crippen LogP contribution in [0.4, 0.5) is 0 Å². The molecule has 0 aromatic carbocycles. The number of unbranched alkanes of at least 4 members (excludes halogenated alkanes) is 2. The largest absolute Gasteiger partial charge is 0.0654 e. The van der Waals surface area contributed by atoms with E-state index in [1.54, 1.807) is 32.1 Å². The molecule has 0 aromatic heterocycles. The molecular formula is C21H38. The fourth-order valence-electron chi connectivity index (χ4n) is 6.64. The van der Waals surface area contributed by atoms with Gasteiger partial charge in [0.2, 0.25) is 0 Å². The van der Waals surface area contributed by atoms with E-state index in [4.69, 9.17) is 0 Å². The Bertz CT molecular complexity index is 333. The van der Waals surface area contributed by atoms with Gasteiger partial charge in [0.15, 0.2) is 0 Å². The molecule has 0 bridgehead atoms. The summed E-state index contributed by atoms with van der Waals surface area (Å²) in [4.78, 5) is 0. The molecule has 0 aromatic rings. The van der Waals surface area contributed by atoms with Gasteiger partial charge in [-0.2, -0.15) is 0 Å². The molecule has 0 radical (unpaired) electrons. The van der Waals surface area contributed by atoms with Crippen molar-refractivity contribution in [1.29, 1.82) is 0 Å². The van der Waals surface area contributed by atoms with Gasteiger partial charge < -0.3 is 0 Å². The first kappa shape index (κ1) is 15.9. The molecule has 122 valence electrons. The summed E-state index contributed by atoms with van der Waals surface area (Å²) in [5.74, 6) is 5.37. The molecule has 0 spiro atoms. The number of hydrogen-bond acceptors (Lipinski definition) is 0. The molecule has 3 rings (SSSR count). The topological polar surface area (TPSA) is 0 Å². The monoisotopic (exact) mass is 290 g/mol. The first-order valence-corrected chi connectivity index (χ1v) is 10.2. The summed E-state index contributed by atoms with van der Waals surface area (Å²) in [6.07, 6.45) is 18.2. The Balaban J connectivity index is 1.71. The van der Waals surface area contributed by atoms with E-state index in [-0.39, 0.29) is 0 Å². The number of rotatable bonds is 4. The van der Waals surface area contributed by atoms with Gasteiger partial charge in [0, 0.05) is 0 Å². The van der Waals surface area contributed by atoms with Crippen LogP contribution in [-0.4, -0.2) is 0 Å². The second-order valence-electron chi connectivity index (χ2n) is 9.09. The van der Waals surface area contributed by atoms with Crippen molar-refractivity contribution in [1.82, 2.24) is 0 Å². The van der Waals surface area contributed by atoms with Crippen molar-refractivity contribution in [2.24, 2.45) is 35.0 Å². The molecule has 6 unspecified atom stereocenters. The Morgan fingerprint density at radius 2 is 1.76 bits per heavy atom. The van der Waals surface area contributed by atoms with Crippen molar-refractivity contribution in [2.75, 3.05) is 0 Å². The summed E-state index contributed by atoms with van der Waals surface area (Å²) in [5, 5.41) is 0. The fourth-order valence-corrected chi connectivity index (χ4v) is 6.64. The van der Waals surface area contributed by atoms with Crippen molar-refractivity contribution >= 4 is 0 Å². The third kappa shape index (κ3) is 3.06. The molecule has 0 nitrogen and oxygen atoms in total. The Hall–Kier alpha value is 0. The van der Waals surface area contributed by atoms with E-state index in [0.717, 1.165) is 35.0 Å². The third-order valence-corrected chi connectivity index (χ3v) is 7.90. The van der Waals surface area contributed by atoms with E-state index in [2.05, 4.69) is 20.8 Å². The highest BCUT2D eigenvalue weighted by atomic mass is 14.6. The van der Waals surface area contributed by atoms with Gasteiger partial charge in [0.1, 0.15) is 0 Å². The highest BCUT2D eigenvalue weighted by Crippen LogP contribution is 2.60. The SMILES string of the molecule is CCCCCC1C(C)CCC2C1CCC1(C)CCCCC21. The summed E-state index contributed by atoms with van der Waals surface area (Å²) in [6, 6.07) is 0. The lowest BCUT2D eigenvalue weighted by molar-refractivity contribution is -0.0722. The molecule has 6 atom stereocenters. The van der Waals surface area contributed by atoms with Crippen LogP contribution in [0.1, 0.15) is 97.8 Å². The molecule has 3 saturated carbocycles. The highest BCUT2D eigenvalue weighted by molar-refractivity contribution is 5.00. The Morgan fingerprint density at radius 3 is 2.57 bits per heavy atom. The lowest BCUT2D eigenvalue weighted by atomic mass is 9.48. The predicted molar refractivity (Wildman–Crippen MR) is 92.3 cm³/mol. The first-order chi connectivity index (χ1) is 10.2. The van der Waals surface area contributed by atoms with Crippen LogP contribution in [0.5, 0.6) is 0 Å². The molecule has 0 N–H and O–H groups in total. The summed E-state index contributed by atoms with van der Waals surface area (Å²) in [5.41, 5.74) is 0.730.